The van der Waals surface area contributed by atoms with Gasteiger partial charge in [0.1, 0.15) is 0 Å². The van der Waals surface area contributed by atoms with E-state index in [4.69, 9.17) is 16.6 Å². The SMILES string of the molecule is CCN1CCCc2nc3ccc(Cl)cc3c(-c3ccccc3)c2C1.Cl.Cl. The molecule has 0 atom stereocenters. The van der Waals surface area contributed by atoms with Crippen molar-refractivity contribution in [2.45, 2.75) is 26.3 Å². The molecular weight excluding hydrogens is 387 g/mol. The predicted molar refractivity (Wildman–Crippen MR) is 116 cm³/mol. The summed E-state index contributed by atoms with van der Waals surface area (Å²) in [5.74, 6) is 0. The van der Waals surface area contributed by atoms with Crippen molar-refractivity contribution in [3.05, 3.63) is 64.8 Å². The fourth-order valence-electron chi connectivity index (χ4n) is 3.68. The molecule has 4 rings (SSSR count). The quantitative estimate of drug-likeness (QED) is 0.503. The molecule has 26 heavy (non-hydrogen) atoms. The Morgan fingerprint density at radius 3 is 2.58 bits per heavy atom. The van der Waals surface area contributed by atoms with Crippen LogP contribution in [0.2, 0.25) is 5.02 Å². The maximum Gasteiger partial charge on any atom is 0.0712 e. The van der Waals surface area contributed by atoms with Gasteiger partial charge in [-0.1, -0.05) is 48.9 Å². The van der Waals surface area contributed by atoms with E-state index in [9.17, 15) is 0 Å². The van der Waals surface area contributed by atoms with Crippen molar-refractivity contribution in [3.8, 4) is 11.1 Å². The number of pyridine rings is 1. The Balaban J connectivity index is 0.00000121. The molecule has 2 heterocycles. The van der Waals surface area contributed by atoms with Crippen molar-refractivity contribution in [1.82, 2.24) is 9.88 Å². The van der Waals surface area contributed by atoms with Gasteiger partial charge in [-0.25, -0.2) is 0 Å². The average Bonchev–Trinajstić information content (AvgIpc) is 2.82. The fraction of sp³-hybridized carbons (Fsp3) is 0.286. The van der Waals surface area contributed by atoms with Crippen LogP contribution in [-0.2, 0) is 13.0 Å². The van der Waals surface area contributed by atoms with Crippen LogP contribution in [0, 0.1) is 0 Å². The molecule has 3 aromatic rings. The molecule has 0 fully saturated rings. The Morgan fingerprint density at radius 2 is 1.85 bits per heavy atom. The summed E-state index contributed by atoms with van der Waals surface area (Å²) < 4.78 is 0. The van der Waals surface area contributed by atoms with Gasteiger partial charge in [-0.3, -0.25) is 9.88 Å². The molecule has 0 aliphatic carbocycles. The molecule has 0 saturated heterocycles. The lowest BCUT2D eigenvalue weighted by molar-refractivity contribution is 0.285. The predicted octanol–water partition coefficient (Wildman–Crippen LogP) is 6.17. The maximum absolute atomic E-state index is 6.31. The zero-order valence-electron chi connectivity index (χ0n) is 14.7. The number of fused-ring (bicyclic) bond motifs is 2. The van der Waals surface area contributed by atoms with Crippen LogP contribution < -0.4 is 0 Å². The van der Waals surface area contributed by atoms with Gasteiger partial charge in [0.25, 0.3) is 0 Å². The second-order valence-corrected chi connectivity index (χ2v) is 6.85. The van der Waals surface area contributed by atoms with Crippen LogP contribution in [0.1, 0.15) is 24.6 Å². The van der Waals surface area contributed by atoms with Crippen molar-refractivity contribution < 1.29 is 0 Å². The summed E-state index contributed by atoms with van der Waals surface area (Å²) in [4.78, 5) is 7.50. The lowest BCUT2D eigenvalue weighted by atomic mass is 9.93. The minimum Gasteiger partial charge on any atom is -0.299 e. The van der Waals surface area contributed by atoms with Crippen molar-refractivity contribution in [1.29, 1.82) is 0 Å². The molecule has 0 amide bonds. The number of nitrogens with zero attached hydrogens (tertiary/aromatic N) is 2. The van der Waals surface area contributed by atoms with Crippen molar-refractivity contribution in [2.75, 3.05) is 13.1 Å². The van der Waals surface area contributed by atoms with Crippen LogP contribution in [0.5, 0.6) is 0 Å². The molecule has 2 nitrogen and oxygen atoms in total. The highest BCUT2D eigenvalue weighted by molar-refractivity contribution is 6.31. The minimum atomic E-state index is 0. The monoisotopic (exact) mass is 408 g/mol. The third-order valence-corrected chi connectivity index (χ3v) is 5.15. The van der Waals surface area contributed by atoms with Crippen molar-refractivity contribution >= 4 is 47.3 Å². The first kappa shape index (κ1) is 21.0. The first-order valence-electron chi connectivity index (χ1n) is 8.65. The van der Waals surface area contributed by atoms with E-state index in [1.165, 1.54) is 28.8 Å². The average molecular weight is 410 g/mol. The van der Waals surface area contributed by atoms with Crippen LogP contribution >= 0.6 is 36.4 Å². The third kappa shape index (κ3) is 3.99. The van der Waals surface area contributed by atoms with E-state index in [2.05, 4.69) is 48.2 Å². The van der Waals surface area contributed by atoms with Gasteiger partial charge in [-0.05, 0) is 60.8 Å². The molecular formula is C21H23Cl3N2. The second-order valence-electron chi connectivity index (χ2n) is 6.41. The maximum atomic E-state index is 6.31. The molecule has 1 aromatic heterocycles. The summed E-state index contributed by atoms with van der Waals surface area (Å²) in [6, 6.07) is 16.7. The second kappa shape index (κ2) is 9.05. The van der Waals surface area contributed by atoms with Gasteiger partial charge in [0.15, 0.2) is 0 Å². The minimum absolute atomic E-state index is 0. The molecule has 0 unspecified atom stereocenters. The number of rotatable bonds is 2. The van der Waals surface area contributed by atoms with Gasteiger partial charge in [0, 0.05) is 22.6 Å². The molecule has 0 spiro atoms. The summed E-state index contributed by atoms with van der Waals surface area (Å²) in [5.41, 5.74) is 6.22. The van der Waals surface area contributed by atoms with E-state index >= 15 is 0 Å². The van der Waals surface area contributed by atoms with Crippen molar-refractivity contribution in [2.24, 2.45) is 0 Å². The molecule has 0 N–H and O–H groups in total. The molecule has 2 aromatic carbocycles. The summed E-state index contributed by atoms with van der Waals surface area (Å²) in [5, 5.41) is 1.92. The molecule has 1 aliphatic rings. The van der Waals surface area contributed by atoms with Gasteiger partial charge in [-0.15, -0.1) is 24.8 Å². The Bertz CT molecular complexity index is 881. The lowest BCUT2D eigenvalue weighted by Crippen LogP contribution is -2.23. The van der Waals surface area contributed by atoms with E-state index in [0.29, 0.717) is 0 Å². The number of aromatic nitrogens is 1. The van der Waals surface area contributed by atoms with E-state index in [0.717, 1.165) is 42.0 Å². The van der Waals surface area contributed by atoms with Crippen LogP contribution in [0.25, 0.3) is 22.0 Å². The van der Waals surface area contributed by atoms with Crippen LogP contribution in [0.3, 0.4) is 0 Å². The lowest BCUT2D eigenvalue weighted by Gasteiger charge is -2.21. The van der Waals surface area contributed by atoms with Gasteiger partial charge in [0.2, 0.25) is 0 Å². The zero-order chi connectivity index (χ0) is 16.5. The highest BCUT2D eigenvalue weighted by atomic mass is 35.5. The number of benzene rings is 2. The summed E-state index contributed by atoms with van der Waals surface area (Å²) >= 11 is 6.31. The highest BCUT2D eigenvalue weighted by Crippen LogP contribution is 2.36. The summed E-state index contributed by atoms with van der Waals surface area (Å²) in [7, 11) is 0. The van der Waals surface area contributed by atoms with Crippen molar-refractivity contribution in [3.63, 3.8) is 0 Å². The summed E-state index contributed by atoms with van der Waals surface area (Å²) in [6.45, 7) is 5.41. The number of halogens is 3. The molecule has 0 bridgehead atoms. The zero-order valence-corrected chi connectivity index (χ0v) is 17.1. The van der Waals surface area contributed by atoms with Crippen LogP contribution in [-0.4, -0.2) is 23.0 Å². The molecule has 1 aliphatic heterocycles. The Morgan fingerprint density at radius 1 is 1.08 bits per heavy atom. The topological polar surface area (TPSA) is 16.1 Å². The molecule has 138 valence electrons. The normalized spacial score (nSPS) is 14.1. The first-order chi connectivity index (χ1) is 11.8. The molecule has 5 heteroatoms. The fourth-order valence-corrected chi connectivity index (χ4v) is 3.85. The standard InChI is InChI=1S/C21H21ClN2.2ClH/c1-2-24-12-6-9-19-18(14-24)21(15-7-4-3-5-8-15)17-13-16(22)10-11-20(17)23-19;;/h3-5,7-8,10-11,13H,2,6,9,12,14H2,1H3;2*1H. The van der Waals surface area contributed by atoms with Gasteiger partial charge < -0.3 is 0 Å². The smallest absolute Gasteiger partial charge is 0.0712 e. The van der Waals surface area contributed by atoms with Crippen LogP contribution in [0.15, 0.2) is 48.5 Å². The number of hydrogen-bond donors (Lipinski definition) is 0. The number of hydrogen-bond acceptors (Lipinski definition) is 2. The largest absolute Gasteiger partial charge is 0.299 e. The Hall–Kier alpha value is -1.32. The van der Waals surface area contributed by atoms with Gasteiger partial charge in [-0.2, -0.15) is 0 Å². The van der Waals surface area contributed by atoms with Crippen LogP contribution in [0.4, 0.5) is 0 Å². The van der Waals surface area contributed by atoms with E-state index in [1.54, 1.807) is 0 Å². The third-order valence-electron chi connectivity index (χ3n) is 4.91. The Kier molecular flexibility index (Phi) is 7.31. The van der Waals surface area contributed by atoms with Gasteiger partial charge >= 0.3 is 0 Å². The molecule has 0 saturated carbocycles. The van der Waals surface area contributed by atoms with Gasteiger partial charge in [0.05, 0.1) is 5.52 Å². The van der Waals surface area contributed by atoms with E-state index in [-0.39, 0.29) is 24.8 Å². The number of aryl methyl sites for hydroxylation is 1. The first-order valence-corrected chi connectivity index (χ1v) is 9.03. The van der Waals surface area contributed by atoms with E-state index < -0.39 is 0 Å². The Labute approximate surface area is 172 Å². The summed E-state index contributed by atoms with van der Waals surface area (Å²) in [6.07, 6.45) is 2.21. The molecule has 0 radical (unpaired) electrons. The van der Waals surface area contributed by atoms with E-state index in [1.807, 2.05) is 12.1 Å². The highest BCUT2D eigenvalue weighted by Gasteiger charge is 2.21.